The van der Waals surface area contributed by atoms with E-state index in [1.165, 1.54) is 0 Å². The van der Waals surface area contributed by atoms with Crippen LogP contribution in [0.1, 0.15) is 40.0 Å². The zero-order chi connectivity index (χ0) is 13.1. The number of rotatable bonds is 10. The highest BCUT2D eigenvalue weighted by atomic mass is 16.5. The number of ether oxygens (including phenoxy) is 1. The van der Waals surface area contributed by atoms with Crippen LogP contribution in [0.2, 0.25) is 0 Å². The molecule has 0 amide bonds. The molecular weight excluding hydrogens is 218 g/mol. The molecule has 0 aromatic carbocycles. The van der Waals surface area contributed by atoms with Crippen LogP contribution in [-0.2, 0) is 9.53 Å². The van der Waals surface area contributed by atoms with Crippen LogP contribution in [0, 0.1) is 11.8 Å². The lowest BCUT2D eigenvalue weighted by molar-refractivity contribution is -0.147. The lowest BCUT2D eigenvalue weighted by Gasteiger charge is -2.17. The van der Waals surface area contributed by atoms with Crippen LogP contribution >= 0.6 is 0 Å². The van der Waals surface area contributed by atoms with Gasteiger partial charge in [0.2, 0.25) is 0 Å². The summed E-state index contributed by atoms with van der Waals surface area (Å²) in [5, 5.41) is 12.2. The number of carbonyl (C=O) groups excluding carboxylic acids is 1. The van der Waals surface area contributed by atoms with Gasteiger partial charge in [-0.25, -0.2) is 0 Å². The molecule has 2 N–H and O–H groups in total. The normalized spacial score (nSPS) is 14.4. The molecule has 0 saturated carbocycles. The summed E-state index contributed by atoms with van der Waals surface area (Å²) in [5.74, 6) is 0.250. The van der Waals surface area contributed by atoms with Crippen LogP contribution in [0.4, 0.5) is 0 Å². The summed E-state index contributed by atoms with van der Waals surface area (Å²) in [4.78, 5) is 11.4. The minimum atomic E-state index is -0.144. The fraction of sp³-hybridized carbons (Fsp3) is 0.923. The predicted octanol–water partition coefficient (Wildman–Crippen LogP) is 1.57. The van der Waals surface area contributed by atoms with Gasteiger partial charge in [-0.3, -0.25) is 4.79 Å². The number of aliphatic hydroxyl groups is 1. The summed E-state index contributed by atoms with van der Waals surface area (Å²) in [7, 11) is 0. The van der Waals surface area contributed by atoms with Crippen LogP contribution in [0.3, 0.4) is 0 Å². The van der Waals surface area contributed by atoms with Gasteiger partial charge in [0.15, 0.2) is 0 Å². The highest BCUT2D eigenvalue weighted by molar-refractivity contribution is 5.72. The third-order valence-electron chi connectivity index (χ3n) is 2.81. The average molecular weight is 245 g/mol. The Morgan fingerprint density at radius 2 is 2.00 bits per heavy atom. The Hall–Kier alpha value is -0.610. The van der Waals surface area contributed by atoms with Crippen LogP contribution < -0.4 is 5.32 Å². The van der Waals surface area contributed by atoms with Crippen LogP contribution in [0.5, 0.6) is 0 Å². The van der Waals surface area contributed by atoms with Crippen molar-refractivity contribution in [2.45, 2.75) is 40.0 Å². The quantitative estimate of drug-likeness (QED) is 0.574. The van der Waals surface area contributed by atoms with E-state index < -0.39 is 0 Å². The van der Waals surface area contributed by atoms with Gasteiger partial charge in [0.25, 0.3) is 0 Å². The third kappa shape index (κ3) is 8.16. The molecule has 0 aliphatic carbocycles. The molecule has 0 radical (unpaired) electrons. The lowest BCUT2D eigenvalue weighted by atomic mass is 10.00. The van der Waals surface area contributed by atoms with Crippen molar-refractivity contribution in [2.75, 3.05) is 26.3 Å². The first-order valence-electron chi connectivity index (χ1n) is 6.63. The minimum absolute atomic E-state index is 0.105. The summed E-state index contributed by atoms with van der Waals surface area (Å²) in [5.41, 5.74) is 0. The van der Waals surface area contributed by atoms with Crippen molar-refractivity contribution >= 4 is 5.97 Å². The number of esters is 1. The Bertz CT molecular complexity index is 191. The van der Waals surface area contributed by atoms with Gasteiger partial charge in [0, 0.05) is 13.2 Å². The number of hydrogen-bond acceptors (Lipinski definition) is 4. The van der Waals surface area contributed by atoms with E-state index >= 15 is 0 Å². The molecule has 4 heteroatoms. The van der Waals surface area contributed by atoms with E-state index in [4.69, 9.17) is 9.84 Å². The summed E-state index contributed by atoms with van der Waals surface area (Å²) in [6.45, 7) is 8.00. The molecule has 0 aliphatic heterocycles. The van der Waals surface area contributed by atoms with Gasteiger partial charge in [-0.15, -0.1) is 0 Å². The monoisotopic (exact) mass is 245 g/mol. The zero-order valence-electron chi connectivity index (χ0n) is 11.4. The number of hydrogen-bond donors (Lipinski definition) is 2. The van der Waals surface area contributed by atoms with Crippen molar-refractivity contribution in [3.05, 3.63) is 0 Å². The first-order valence-corrected chi connectivity index (χ1v) is 6.63. The average Bonchev–Trinajstić information content (AvgIpc) is 2.29. The maximum absolute atomic E-state index is 11.4. The minimum Gasteiger partial charge on any atom is -0.466 e. The smallest absolute Gasteiger partial charge is 0.309 e. The number of aliphatic hydroxyl groups excluding tert-OH is 1. The molecule has 0 rings (SSSR count). The highest BCUT2D eigenvalue weighted by Gasteiger charge is 2.14. The molecule has 2 unspecified atom stereocenters. The molecule has 2 atom stereocenters. The molecule has 0 aliphatic rings. The lowest BCUT2D eigenvalue weighted by Crippen LogP contribution is -2.31. The van der Waals surface area contributed by atoms with E-state index in [-0.39, 0.29) is 18.5 Å². The Morgan fingerprint density at radius 3 is 2.53 bits per heavy atom. The summed E-state index contributed by atoms with van der Waals surface area (Å²) >= 11 is 0. The molecule has 4 nitrogen and oxygen atoms in total. The van der Waals surface area contributed by atoms with Crippen LogP contribution in [-0.4, -0.2) is 37.4 Å². The largest absolute Gasteiger partial charge is 0.466 e. The Balaban J connectivity index is 3.74. The van der Waals surface area contributed by atoms with E-state index in [0.717, 1.165) is 25.8 Å². The van der Waals surface area contributed by atoms with Crippen molar-refractivity contribution in [3.63, 3.8) is 0 Å². The molecule has 0 heterocycles. The molecule has 0 bridgehead atoms. The molecule has 0 saturated heterocycles. The second-order valence-electron chi connectivity index (χ2n) is 4.48. The SMILES string of the molecule is CCCC(CCO)CNCC(C)C(=O)OCC. The predicted molar refractivity (Wildman–Crippen MR) is 68.8 cm³/mol. The van der Waals surface area contributed by atoms with E-state index in [2.05, 4.69) is 12.2 Å². The summed E-state index contributed by atoms with van der Waals surface area (Å²) < 4.78 is 4.94. The van der Waals surface area contributed by atoms with Gasteiger partial charge < -0.3 is 15.2 Å². The van der Waals surface area contributed by atoms with Crippen molar-refractivity contribution in [3.8, 4) is 0 Å². The summed E-state index contributed by atoms with van der Waals surface area (Å²) in [6, 6.07) is 0. The Labute approximate surface area is 105 Å². The van der Waals surface area contributed by atoms with Crippen molar-refractivity contribution < 1.29 is 14.6 Å². The number of nitrogens with one attached hydrogen (secondary N) is 1. The van der Waals surface area contributed by atoms with Gasteiger partial charge in [-0.1, -0.05) is 20.3 Å². The highest BCUT2D eigenvalue weighted by Crippen LogP contribution is 2.09. The second-order valence-corrected chi connectivity index (χ2v) is 4.48. The van der Waals surface area contributed by atoms with E-state index in [0.29, 0.717) is 19.1 Å². The summed E-state index contributed by atoms with van der Waals surface area (Å²) in [6.07, 6.45) is 3.07. The van der Waals surface area contributed by atoms with Gasteiger partial charge in [-0.2, -0.15) is 0 Å². The molecule has 0 aromatic rings. The third-order valence-corrected chi connectivity index (χ3v) is 2.81. The van der Waals surface area contributed by atoms with Crippen molar-refractivity contribution in [1.82, 2.24) is 5.32 Å². The first kappa shape index (κ1) is 16.4. The molecule has 17 heavy (non-hydrogen) atoms. The van der Waals surface area contributed by atoms with E-state index in [1.54, 1.807) is 0 Å². The Morgan fingerprint density at radius 1 is 1.29 bits per heavy atom. The van der Waals surface area contributed by atoms with Gasteiger partial charge in [0.1, 0.15) is 0 Å². The zero-order valence-corrected chi connectivity index (χ0v) is 11.4. The topological polar surface area (TPSA) is 58.6 Å². The fourth-order valence-electron chi connectivity index (χ4n) is 1.81. The van der Waals surface area contributed by atoms with Crippen LogP contribution in [0.25, 0.3) is 0 Å². The standard InChI is InChI=1S/C13H27NO3/c1-4-6-12(7-8-15)10-14-9-11(3)13(16)17-5-2/h11-12,14-15H,4-10H2,1-3H3. The van der Waals surface area contributed by atoms with E-state index in [1.807, 2.05) is 13.8 Å². The van der Waals surface area contributed by atoms with Crippen LogP contribution in [0.15, 0.2) is 0 Å². The van der Waals surface area contributed by atoms with Crippen molar-refractivity contribution in [2.24, 2.45) is 11.8 Å². The maximum Gasteiger partial charge on any atom is 0.309 e. The maximum atomic E-state index is 11.4. The van der Waals surface area contributed by atoms with Gasteiger partial charge in [-0.05, 0) is 32.2 Å². The van der Waals surface area contributed by atoms with Gasteiger partial charge >= 0.3 is 5.97 Å². The second kappa shape index (κ2) is 10.5. The Kier molecular flexibility index (Phi) is 10.2. The number of carbonyl (C=O) groups is 1. The molecule has 0 fully saturated rings. The molecular formula is C13H27NO3. The molecule has 102 valence electrons. The molecule has 0 aromatic heterocycles. The van der Waals surface area contributed by atoms with Gasteiger partial charge in [0.05, 0.1) is 12.5 Å². The van der Waals surface area contributed by atoms with E-state index in [9.17, 15) is 4.79 Å². The molecule has 0 spiro atoms. The fourth-order valence-corrected chi connectivity index (χ4v) is 1.81. The van der Waals surface area contributed by atoms with Crippen molar-refractivity contribution in [1.29, 1.82) is 0 Å². The first-order chi connectivity index (χ1) is 8.15.